The van der Waals surface area contributed by atoms with Gasteiger partial charge in [-0.1, -0.05) is 12.1 Å². The Hall–Kier alpha value is -1.73. The standard InChI is InChI=1S/C17H18FNO3S2/c1-13(14-4-2-5-15(18)12-14)24(21,22)17-8-6-16(7-9-17)23(20)11-3-10-19-23/h2,4-9,12-13H,3,10-11H2,1H3. The fraction of sp³-hybridized carbons (Fsp3) is 0.294. The molecule has 0 radical (unpaired) electrons. The van der Waals surface area contributed by atoms with Crippen LogP contribution in [-0.2, 0) is 19.6 Å². The summed E-state index contributed by atoms with van der Waals surface area (Å²) >= 11 is 0. The molecule has 0 N–H and O–H groups in total. The van der Waals surface area contributed by atoms with Gasteiger partial charge in [-0.3, -0.25) is 0 Å². The molecule has 4 nitrogen and oxygen atoms in total. The van der Waals surface area contributed by atoms with Crippen LogP contribution in [0, 0.1) is 5.82 Å². The minimum absolute atomic E-state index is 0.129. The predicted octanol–water partition coefficient (Wildman–Crippen LogP) is 3.59. The smallest absolute Gasteiger partial charge is 0.185 e. The first-order valence-electron chi connectivity index (χ1n) is 7.63. The van der Waals surface area contributed by atoms with Gasteiger partial charge in [0.15, 0.2) is 9.84 Å². The first-order chi connectivity index (χ1) is 11.3. The van der Waals surface area contributed by atoms with E-state index in [1.165, 1.54) is 37.3 Å². The van der Waals surface area contributed by atoms with Crippen molar-refractivity contribution in [3.63, 3.8) is 0 Å². The monoisotopic (exact) mass is 367 g/mol. The van der Waals surface area contributed by atoms with Crippen LogP contribution in [0.5, 0.6) is 0 Å². The molecule has 1 aliphatic heterocycles. The Kier molecular flexibility index (Phi) is 4.48. The van der Waals surface area contributed by atoms with E-state index in [1.807, 2.05) is 0 Å². The summed E-state index contributed by atoms with van der Waals surface area (Å²) in [6.45, 7) is 2.11. The molecule has 3 rings (SSSR count). The molecule has 0 aliphatic carbocycles. The third-order valence-electron chi connectivity index (χ3n) is 4.18. The molecule has 0 amide bonds. The summed E-state index contributed by atoms with van der Waals surface area (Å²) in [5.74, 6) is 0.0448. The molecule has 24 heavy (non-hydrogen) atoms. The maximum Gasteiger partial charge on any atom is 0.185 e. The van der Waals surface area contributed by atoms with Crippen molar-refractivity contribution in [1.29, 1.82) is 0 Å². The van der Waals surface area contributed by atoms with Gasteiger partial charge < -0.3 is 0 Å². The van der Waals surface area contributed by atoms with Crippen molar-refractivity contribution in [3.05, 3.63) is 59.9 Å². The molecular weight excluding hydrogens is 349 g/mol. The largest absolute Gasteiger partial charge is 0.245 e. The first-order valence-corrected chi connectivity index (χ1v) is 10.9. The topological polar surface area (TPSA) is 63.6 Å². The molecule has 0 fully saturated rings. The lowest BCUT2D eigenvalue weighted by atomic mass is 10.2. The molecular formula is C17H18FNO3S2. The van der Waals surface area contributed by atoms with Crippen LogP contribution in [-0.4, -0.2) is 24.9 Å². The van der Waals surface area contributed by atoms with Gasteiger partial charge in [0.25, 0.3) is 0 Å². The summed E-state index contributed by atoms with van der Waals surface area (Å²) < 4.78 is 55.6. The molecule has 2 unspecified atom stereocenters. The molecule has 1 aliphatic rings. The van der Waals surface area contributed by atoms with Crippen LogP contribution >= 0.6 is 0 Å². The van der Waals surface area contributed by atoms with Gasteiger partial charge in [-0.15, -0.1) is 0 Å². The average Bonchev–Trinajstić information content (AvgIpc) is 3.02. The van der Waals surface area contributed by atoms with Crippen molar-refractivity contribution in [3.8, 4) is 0 Å². The van der Waals surface area contributed by atoms with Crippen LogP contribution in [0.1, 0.15) is 24.2 Å². The van der Waals surface area contributed by atoms with E-state index >= 15 is 0 Å². The summed E-state index contributed by atoms with van der Waals surface area (Å²) in [5.41, 5.74) is 0.399. The summed E-state index contributed by atoms with van der Waals surface area (Å²) in [4.78, 5) is 0.696. The Morgan fingerprint density at radius 2 is 1.88 bits per heavy atom. The van der Waals surface area contributed by atoms with Gasteiger partial charge in [0.05, 0.1) is 19.9 Å². The van der Waals surface area contributed by atoms with Gasteiger partial charge in [0, 0.05) is 17.2 Å². The molecule has 7 heteroatoms. The zero-order valence-electron chi connectivity index (χ0n) is 13.2. The Bertz CT molecular complexity index is 975. The molecule has 128 valence electrons. The Morgan fingerprint density at radius 3 is 2.46 bits per heavy atom. The molecule has 0 spiro atoms. The summed E-state index contributed by atoms with van der Waals surface area (Å²) in [6, 6.07) is 11.6. The highest BCUT2D eigenvalue weighted by Gasteiger charge is 2.26. The fourth-order valence-corrected chi connectivity index (χ4v) is 6.16. The minimum atomic E-state index is -3.66. The zero-order valence-corrected chi connectivity index (χ0v) is 14.8. The van der Waals surface area contributed by atoms with Gasteiger partial charge in [0.2, 0.25) is 0 Å². The van der Waals surface area contributed by atoms with Gasteiger partial charge in [0.1, 0.15) is 5.82 Å². The molecule has 2 aromatic carbocycles. The highest BCUT2D eigenvalue weighted by molar-refractivity contribution is 7.93. The Balaban J connectivity index is 1.94. The van der Waals surface area contributed by atoms with E-state index < -0.39 is 30.6 Å². The van der Waals surface area contributed by atoms with Crippen LogP contribution in [0.15, 0.2) is 62.7 Å². The average molecular weight is 367 g/mol. The first kappa shape index (κ1) is 17.1. The second-order valence-corrected chi connectivity index (χ2v) is 10.5. The molecule has 2 atom stereocenters. The number of nitrogens with zero attached hydrogens (tertiary/aromatic N) is 1. The number of rotatable bonds is 4. The number of hydrogen-bond donors (Lipinski definition) is 0. The lowest BCUT2D eigenvalue weighted by Gasteiger charge is -2.14. The van der Waals surface area contributed by atoms with Gasteiger partial charge in [-0.2, -0.15) is 0 Å². The van der Waals surface area contributed by atoms with E-state index in [9.17, 15) is 17.0 Å². The van der Waals surface area contributed by atoms with Gasteiger partial charge in [-0.05, 0) is 55.3 Å². The maximum atomic E-state index is 13.3. The number of halogens is 1. The van der Waals surface area contributed by atoms with E-state index in [0.29, 0.717) is 22.8 Å². The van der Waals surface area contributed by atoms with Gasteiger partial charge in [-0.25, -0.2) is 21.4 Å². The third-order valence-corrected chi connectivity index (χ3v) is 8.77. The van der Waals surface area contributed by atoms with E-state index in [1.54, 1.807) is 18.2 Å². The normalized spacial score (nSPS) is 22.1. The van der Waals surface area contributed by atoms with E-state index in [2.05, 4.69) is 4.36 Å². The zero-order chi connectivity index (χ0) is 17.4. The molecule has 0 aromatic heterocycles. The second kappa shape index (κ2) is 6.29. The molecule has 2 aromatic rings. The summed E-state index contributed by atoms with van der Waals surface area (Å²) in [7, 11) is -6.05. The van der Waals surface area contributed by atoms with Crippen LogP contribution in [0.2, 0.25) is 0 Å². The Morgan fingerprint density at radius 1 is 1.17 bits per heavy atom. The van der Waals surface area contributed by atoms with Crippen molar-refractivity contribution in [1.82, 2.24) is 0 Å². The summed E-state index contributed by atoms with van der Waals surface area (Å²) in [6.07, 6.45) is 0.787. The van der Waals surface area contributed by atoms with E-state index in [-0.39, 0.29) is 4.90 Å². The predicted molar refractivity (Wildman–Crippen MR) is 91.6 cm³/mol. The van der Waals surface area contributed by atoms with E-state index in [4.69, 9.17) is 0 Å². The number of hydrogen-bond acceptors (Lipinski definition) is 4. The quantitative estimate of drug-likeness (QED) is 0.829. The van der Waals surface area contributed by atoms with E-state index in [0.717, 1.165) is 6.42 Å². The van der Waals surface area contributed by atoms with Crippen LogP contribution in [0.25, 0.3) is 0 Å². The van der Waals surface area contributed by atoms with Gasteiger partial charge >= 0.3 is 0 Å². The lowest BCUT2D eigenvalue weighted by Crippen LogP contribution is -2.11. The second-order valence-electron chi connectivity index (χ2n) is 5.76. The van der Waals surface area contributed by atoms with Crippen molar-refractivity contribution in [2.24, 2.45) is 4.36 Å². The fourth-order valence-electron chi connectivity index (χ4n) is 2.71. The highest BCUT2D eigenvalue weighted by atomic mass is 32.2. The van der Waals surface area contributed by atoms with Crippen molar-refractivity contribution < 1.29 is 17.0 Å². The van der Waals surface area contributed by atoms with Crippen molar-refractivity contribution in [2.75, 3.05) is 12.3 Å². The third kappa shape index (κ3) is 3.10. The minimum Gasteiger partial charge on any atom is -0.245 e. The number of sulfone groups is 1. The lowest BCUT2D eigenvalue weighted by molar-refractivity contribution is 0.585. The van der Waals surface area contributed by atoms with Crippen LogP contribution in [0.3, 0.4) is 0 Å². The molecule has 0 saturated carbocycles. The van der Waals surface area contributed by atoms with Crippen LogP contribution < -0.4 is 0 Å². The molecule has 0 saturated heterocycles. The van der Waals surface area contributed by atoms with Crippen molar-refractivity contribution in [2.45, 2.75) is 28.4 Å². The molecule has 0 bridgehead atoms. The Labute approximate surface area is 141 Å². The number of benzene rings is 2. The summed E-state index contributed by atoms with van der Waals surface area (Å²) in [5, 5.41) is -0.872. The molecule has 1 heterocycles. The van der Waals surface area contributed by atoms with Crippen molar-refractivity contribution >= 4 is 19.6 Å². The maximum absolute atomic E-state index is 13.3. The van der Waals surface area contributed by atoms with Crippen LogP contribution in [0.4, 0.5) is 4.39 Å². The highest BCUT2D eigenvalue weighted by Crippen LogP contribution is 2.30. The SMILES string of the molecule is CC(c1cccc(F)c1)S(=O)(=O)c1ccc(S2(=O)=NCCC2)cc1.